The van der Waals surface area contributed by atoms with Crippen molar-refractivity contribution in [2.24, 2.45) is 0 Å². The molecule has 1 aliphatic heterocycles. The largest absolute Gasteiger partial charge is 0.468 e. The molecule has 0 saturated heterocycles. The number of carbonyl (C=O) groups excluding carboxylic acids is 1. The maximum absolute atomic E-state index is 12.2. The van der Waals surface area contributed by atoms with Gasteiger partial charge in [0.25, 0.3) is 5.91 Å². The zero-order chi connectivity index (χ0) is 17.9. The van der Waals surface area contributed by atoms with E-state index in [-0.39, 0.29) is 11.9 Å². The maximum Gasteiger partial charge on any atom is 0.270 e. The maximum atomic E-state index is 12.2. The van der Waals surface area contributed by atoms with Crippen LogP contribution in [0, 0.1) is 6.92 Å². The van der Waals surface area contributed by atoms with Crippen molar-refractivity contribution in [1.82, 2.24) is 25.0 Å². The van der Waals surface area contributed by atoms with Crippen LogP contribution < -0.4 is 5.32 Å². The van der Waals surface area contributed by atoms with E-state index < -0.39 is 0 Å². The first kappa shape index (κ1) is 17.0. The van der Waals surface area contributed by atoms with Crippen molar-refractivity contribution in [3.63, 3.8) is 0 Å². The molecule has 1 unspecified atom stereocenters. The third kappa shape index (κ3) is 3.71. The first-order valence-corrected chi connectivity index (χ1v) is 9.54. The quantitative estimate of drug-likeness (QED) is 0.721. The fourth-order valence-electron chi connectivity index (χ4n) is 3.33. The highest BCUT2D eigenvalue weighted by molar-refractivity contribution is 7.09. The lowest BCUT2D eigenvalue weighted by atomic mass is 10.1. The van der Waals surface area contributed by atoms with E-state index in [1.165, 1.54) is 17.0 Å². The summed E-state index contributed by atoms with van der Waals surface area (Å²) in [6, 6.07) is 6.19. The second kappa shape index (κ2) is 7.43. The summed E-state index contributed by atoms with van der Waals surface area (Å²) in [7, 11) is 0. The predicted molar refractivity (Wildman–Crippen MR) is 97.9 cm³/mol. The van der Waals surface area contributed by atoms with E-state index in [1.54, 1.807) is 11.6 Å². The van der Waals surface area contributed by atoms with Crippen LogP contribution in [0.25, 0.3) is 0 Å². The standard InChI is InChI=1S/C18H21N5O2S/c1-13-21-17(12-26-13)18(24)19-6-4-14-9-22(11-16-3-2-8-25-16)10-15-5-7-20-23(14)15/h2-3,5,7-8,12,14H,4,6,9-11H2,1H3,(H,19,24). The molecule has 0 fully saturated rings. The number of amides is 1. The van der Waals surface area contributed by atoms with Gasteiger partial charge in [0.15, 0.2) is 0 Å². The molecule has 1 N–H and O–H groups in total. The van der Waals surface area contributed by atoms with Gasteiger partial charge in [0.2, 0.25) is 0 Å². The Bertz CT molecular complexity index is 870. The van der Waals surface area contributed by atoms with E-state index in [4.69, 9.17) is 4.42 Å². The van der Waals surface area contributed by atoms with Crippen LogP contribution in [0.5, 0.6) is 0 Å². The minimum atomic E-state index is -0.113. The van der Waals surface area contributed by atoms with Crippen molar-refractivity contribution in [3.8, 4) is 0 Å². The highest BCUT2D eigenvalue weighted by atomic mass is 32.1. The van der Waals surface area contributed by atoms with E-state index in [2.05, 4.69) is 31.0 Å². The van der Waals surface area contributed by atoms with Crippen LogP contribution in [-0.4, -0.2) is 38.7 Å². The van der Waals surface area contributed by atoms with Crippen molar-refractivity contribution in [3.05, 3.63) is 58.2 Å². The molecule has 0 bridgehead atoms. The van der Waals surface area contributed by atoms with E-state index in [0.29, 0.717) is 12.2 Å². The molecule has 4 rings (SSSR count). The molecule has 4 heterocycles. The predicted octanol–water partition coefficient (Wildman–Crippen LogP) is 2.62. The van der Waals surface area contributed by atoms with Gasteiger partial charge in [-0.3, -0.25) is 14.4 Å². The molecule has 26 heavy (non-hydrogen) atoms. The number of nitrogens with one attached hydrogen (secondary N) is 1. The van der Waals surface area contributed by atoms with Crippen molar-refractivity contribution >= 4 is 17.2 Å². The Hall–Kier alpha value is -2.45. The normalized spacial score (nSPS) is 17.2. The first-order valence-electron chi connectivity index (χ1n) is 8.66. The van der Waals surface area contributed by atoms with Crippen LogP contribution in [0.15, 0.2) is 40.5 Å². The molecule has 0 aliphatic carbocycles. The van der Waals surface area contributed by atoms with Crippen molar-refractivity contribution in [1.29, 1.82) is 0 Å². The second-order valence-corrected chi connectivity index (χ2v) is 7.53. The molecule has 0 aromatic carbocycles. The van der Waals surface area contributed by atoms with Gasteiger partial charge in [-0.1, -0.05) is 0 Å². The fourth-order valence-corrected chi connectivity index (χ4v) is 3.93. The molecule has 3 aromatic heterocycles. The number of hydrogen-bond acceptors (Lipinski definition) is 6. The van der Waals surface area contributed by atoms with Crippen molar-refractivity contribution in [2.45, 2.75) is 32.5 Å². The molecule has 3 aromatic rings. The Morgan fingerprint density at radius 2 is 2.38 bits per heavy atom. The van der Waals surface area contributed by atoms with Gasteiger partial charge >= 0.3 is 0 Å². The summed E-state index contributed by atoms with van der Waals surface area (Å²) in [5.74, 6) is 0.849. The number of hydrogen-bond donors (Lipinski definition) is 1. The number of fused-ring (bicyclic) bond motifs is 1. The second-order valence-electron chi connectivity index (χ2n) is 6.47. The lowest BCUT2D eigenvalue weighted by Gasteiger charge is -2.33. The van der Waals surface area contributed by atoms with Gasteiger partial charge in [-0.25, -0.2) is 4.98 Å². The lowest BCUT2D eigenvalue weighted by Crippen LogP contribution is -2.38. The number of nitrogens with zero attached hydrogens (tertiary/aromatic N) is 4. The molecule has 7 nitrogen and oxygen atoms in total. The van der Waals surface area contributed by atoms with E-state index in [9.17, 15) is 4.79 Å². The first-order chi connectivity index (χ1) is 12.7. The SMILES string of the molecule is Cc1nc(C(=O)NCCC2CN(Cc3ccco3)Cc3ccnn32)cs1. The van der Waals surface area contributed by atoms with Crippen LogP contribution in [-0.2, 0) is 13.1 Å². The van der Waals surface area contributed by atoms with Gasteiger partial charge in [0.1, 0.15) is 11.5 Å². The third-order valence-electron chi connectivity index (χ3n) is 4.53. The average Bonchev–Trinajstić information content (AvgIpc) is 3.36. The molecular weight excluding hydrogens is 350 g/mol. The Morgan fingerprint density at radius 3 is 3.15 bits per heavy atom. The Balaban J connectivity index is 1.36. The lowest BCUT2D eigenvalue weighted by molar-refractivity contribution is 0.0942. The molecule has 0 radical (unpaired) electrons. The van der Waals surface area contributed by atoms with Gasteiger partial charge in [0.05, 0.1) is 29.6 Å². The average molecular weight is 371 g/mol. The number of carbonyl (C=O) groups is 1. The number of aromatic nitrogens is 3. The van der Waals surface area contributed by atoms with Gasteiger partial charge in [0, 0.05) is 31.2 Å². The molecule has 1 aliphatic rings. The van der Waals surface area contributed by atoms with E-state index in [0.717, 1.165) is 36.8 Å². The summed E-state index contributed by atoms with van der Waals surface area (Å²) in [6.07, 6.45) is 4.37. The van der Waals surface area contributed by atoms with Crippen LogP contribution in [0.4, 0.5) is 0 Å². The summed E-state index contributed by atoms with van der Waals surface area (Å²) < 4.78 is 7.56. The molecule has 0 spiro atoms. The highest BCUT2D eigenvalue weighted by Crippen LogP contribution is 2.24. The number of thiazole rings is 1. The Kier molecular flexibility index (Phi) is 4.85. The molecular formula is C18H21N5O2S. The zero-order valence-electron chi connectivity index (χ0n) is 14.6. The minimum Gasteiger partial charge on any atom is -0.468 e. The minimum absolute atomic E-state index is 0.113. The number of rotatable bonds is 6. The Morgan fingerprint density at radius 1 is 1.46 bits per heavy atom. The zero-order valence-corrected chi connectivity index (χ0v) is 15.4. The summed E-state index contributed by atoms with van der Waals surface area (Å²) in [5, 5.41) is 10.1. The molecule has 1 amide bonds. The summed E-state index contributed by atoms with van der Waals surface area (Å²) in [4.78, 5) is 18.7. The van der Waals surface area contributed by atoms with Gasteiger partial charge in [-0.2, -0.15) is 5.10 Å². The summed E-state index contributed by atoms with van der Waals surface area (Å²) in [5.41, 5.74) is 1.68. The van der Waals surface area contributed by atoms with Crippen LogP contribution in [0.2, 0.25) is 0 Å². The summed E-state index contributed by atoms with van der Waals surface area (Å²) in [6.45, 7) is 4.99. The molecule has 136 valence electrons. The summed E-state index contributed by atoms with van der Waals surface area (Å²) >= 11 is 1.49. The van der Waals surface area contributed by atoms with Crippen molar-refractivity contribution < 1.29 is 9.21 Å². The highest BCUT2D eigenvalue weighted by Gasteiger charge is 2.26. The van der Waals surface area contributed by atoms with Crippen LogP contribution >= 0.6 is 11.3 Å². The number of aryl methyl sites for hydroxylation is 1. The third-order valence-corrected chi connectivity index (χ3v) is 5.30. The topological polar surface area (TPSA) is 76.2 Å². The monoisotopic (exact) mass is 371 g/mol. The molecule has 8 heteroatoms. The van der Waals surface area contributed by atoms with Gasteiger partial charge in [-0.05, 0) is 31.5 Å². The van der Waals surface area contributed by atoms with Gasteiger partial charge < -0.3 is 9.73 Å². The smallest absolute Gasteiger partial charge is 0.270 e. The van der Waals surface area contributed by atoms with E-state index in [1.807, 2.05) is 25.3 Å². The van der Waals surface area contributed by atoms with Crippen LogP contribution in [0.3, 0.4) is 0 Å². The molecule has 1 atom stereocenters. The van der Waals surface area contributed by atoms with E-state index >= 15 is 0 Å². The fraction of sp³-hybridized carbons (Fsp3) is 0.389. The molecule has 0 saturated carbocycles. The Labute approximate surface area is 155 Å². The number of furan rings is 1. The van der Waals surface area contributed by atoms with Gasteiger partial charge in [-0.15, -0.1) is 11.3 Å². The van der Waals surface area contributed by atoms with Crippen LogP contribution in [0.1, 0.15) is 39.4 Å². The van der Waals surface area contributed by atoms with Crippen molar-refractivity contribution in [2.75, 3.05) is 13.1 Å².